The van der Waals surface area contributed by atoms with E-state index in [1.165, 1.54) is 5.56 Å². The van der Waals surface area contributed by atoms with Crippen LogP contribution in [0.25, 0.3) is 0 Å². The highest BCUT2D eigenvalue weighted by molar-refractivity contribution is 5.96. The van der Waals surface area contributed by atoms with Gasteiger partial charge in [-0.25, -0.2) is 0 Å². The summed E-state index contributed by atoms with van der Waals surface area (Å²) in [5.74, 6) is 0.263. The van der Waals surface area contributed by atoms with Gasteiger partial charge in [-0.3, -0.25) is 14.5 Å². The van der Waals surface area contributed by atoms with Crippen LogP contribution in [0.1, 0.15) is 41.2 Å². The molecular weight excluding hydrogens is 324 g/mol. The Balaban J connectivity index is 1.51. The smallest absolute Gasteiger partial charge is 0.222 e. The Labute approximate surface area is 155 Å². The van der Waals surface area contributed by atoms with Crippen LogP contribution in [0.3, 0.4) is 0 Å². The zero-order valence-electron chi connectivity index (χ0n) is 15.3. The Morgan fingerprint density at radius 1 is 0.923 bits per heavy atom. The first-order valence-electron chi connectivity index (χ1n) is 9.26. The monoisotopic (exact) mass is 350 g/mol. The molecule has 3 rings (SSSR count). The molecule has 2 aromatic rings. The number of ketones is 1. The van der Waals surface area contributed by atoms with Gasteiger partial charge in [0, 0.05) is 38.0 Å². The van der Waals surface area contributed by atoms with Crippen LogP contribution in [0.15, 0.2) is 60.7 Å². The molecule has 1 heterocycles. The molecule has 26 heavy (non-hydrogen) atoms. The normalized spacial score (nSPS) is 17.9. The van der Waals surface area contributed by atoms with E-state index in [1.54, 1.807) is 0 Å². The Bertz CT molecular complexity index is 730. The second-order valence-electron chi connectivity index (χ2n) is 6.89. The fourth-order valence-electron chi connectivity index (χ4n) is 3.46. The number of nitrogens with zero attached hydrogens (tertiary/aromatic N) is 2. The van der Waals surface area contributed by atoms with Crippen LogP contribution in [0.5, 0.6) is 0 Å². The van der Waals surface area contributed by atoms with Crippen molar-refractivity contribution in [3.05, 3.63) is 71.8 Å². The molecule has 1 saturated heterocycles. The lowest BCUT2D eigenvalue weighted by Crippen LogP contribution is -2.48. The van der Waals surface area contributed by atoms with Crippen molar-refractivity contribution in [2.24, 2.45) is 0 Å². The number of carbonyl (C=O) groups is 2. The van der Waals surface area contributed by atoms with E-state index in [4.69, 9.17) is 0 Å². The van der Waals surface area contributed by atoms with E-state index in [2.05, 4.69) is 24.1 Å². The van der Waals surface area contributed by atoms with Gasteiger partial charge < -0.3 is 4.90 Å². The lowest BCUT2D eigenvalue weighted by molar-refractivity contribution is -0.134. The zero-order valence-corrected chi connectivity index (χ0v) is 15.3. The number of amides is 1. The quantitative estimate of drug-likeness (QED) is 0.748. The summed E-state index contributed by atoms with van der Waals surface area (Å²) in [7, 11) is 2.11. The summed E-state index contributed by atoms with van der Waals surface area (Å²) in [6.07, 6.45) is 1.46. The van der Waals surface area contributed by atoms with Gasteiger partial charge in [-0.05, 0) is 19.0 Å². The molecular formula is C22H26N2O2. The van der Waals surface area contributed by atoms with Gasteiger partial charge in [0.2, 0.25) is 5.91 Å². The molecule has 1 aliphatic heterocycles. The fourth-order valence-corrected chi connectivity index (χ4v) is 3.46. The minimum atomic E-state index is 0.110. The molecule has 2 aromatic carbocycles. The molecule has 136 valence electrons. The predicted molar refractivity (Wildman–Crippen MR) is 103 cm³/mol. The standard InChI is InChI=1S/C22H26N2O2/c1-23-15-16-24(17-20(23)18-9-4-2-5-10-18)22(26)14-8-13-21(25)19-11-6-3-7-12-19/h2-7,9-12,20H,8,13-17H2,1H3/t20-/m1/s1. The van der Waals surface area contributed by atoms with Gasteiger partial charge in [0.25, 0.3) is 0 Å². The van der Waals surface area contributed by atoms with Crippen molar-refractivity contribution in [1.29, 1.82) is 0 Å². The number of hydrogen-bond donors (Lipinski definition) is 0. The Morgan fingerprint density at radius 2 is 1.58 bits per heavy atom. The van der Waals surface area contributed by atoms with Gasteiger partial charge >= 0.3 is 0 Å². The van der Waals surface area contributed by atoms with Crippen LogP contribution in [0.2, 0.25) is 0 Å². The van der Waals surface area contributed by atoms with Crippen LogP contribution in [-0.2, 0) is 4.79 Å². The third kappa shape index (κ3) is 4.58. The minimum absolute atomic E-state index is 0.110. The van der Waals surface area contributed by atoms with Crippen molar-refractivity contribution >= 4 is 11.7 Å². The van der Waals surface area contributed by atoms with Crippen molar-refractivity contribution < 1.29 is 9.59 Å². The molecule has 0 bridgehead atoms. The fraction of sp³-hybridized carbons (Fsp3) is 0.364. The van der Waals surface area contributed by atoms with Gasteiger partial charge in [-0.2, -0.15) is 0 Å². The van der Waals surface area contributed by atoms with E-state index < -0.39 is 0 Å². The highest BCUT2D eigenvalue weighted by atomic mass is 16.2. The summed E-state index contributed by atoms with van der Waals surface area (Å²) in [6, 6.07) is 19.9. The van der Waals surface area contributed by atoms with Crippen LogP contribution in [-0.4, -0.2) is 48.2 Å². The molecule has 0 aromatic heterocycles. The molecule has 4 heteroatoms. The molecule has 0 unspecified atom stereocenters. The molecule has 1 amide bonds. The molecule has 0 saturated carbocycles. The molecule has 0 aliphatic carbocycles. The van der Waals surface area contributed by atoms with Gasteiger partial charge in [0.1, 0.15) is 0 Å². The van der Waals surface area contributed by atoms with Gasteiger partial charge in [-0.15, -0.1) is 0 Å². The van der Waals surface area contributed by atoms with E-state index >= 15 is 0 Å². The second-order valence-corrected chi connectivity index (χ2v) is 6.89. The number of carbonyl (C=O) groups excluding carboxylic acids is 2. The first-order valence-corrected chi connectivity index (χ1v) is 9.26. The number of piperazine rings is 1. The van der Waals surface area contributed by atoms with E-state index in [0.717, 1.165) is 18.7 Å². The van der Waals surface area contributed by atoms with Crippen molar-refractivity contribution in [3.8, 4) is 0 Å². The van der Waals surface area contributed by atoms with Crippen molar-refractivity contribution in [2.45, 2.75) is 25.3 Å². The van der Waals surface area contributed by atoms with E-state index in [1.807, 2.05) is 53.4 Å². The van der Waals surface area contributed by atoms with Crippen molar-refractivity contribution in [1.82, 2.24) is 9.80 Å². The van der Waals surface area contributed by atoms with Crippen molar-refractivity contribution in [3.63, 3.8) is 0 Å². The van der Waals surface area contributed by atoms with E-state index in [9.17, 15) is 9.59 Å². The van der Waals surface area contributed by atoms with E-state index in [-0.39, 0.29) is 17.7 Å². The highest BCUT2D eigenvalue weighted by Crippen LogP contribution is 2.24. The third-order valence-electron chi connectivity index (χ3n) is 5.08. The number of rotatable bonds is 6. The van der Waals surface area contributed by atoms with Crippen molar-refractivity contribution in [2.75, 3.05) is 26.7 Å². The topological polar surface area (TPSA) is 40.6 Å². The lowest BCUT2D eigenvalue weighted by Gasteiger charge is -2.39. The minimum Gasteiger partial charge on any atom is -0.339 e. The van der Waals surface area contributed by atoms with Gasteiger partial charge in [0.05, 0.1) is 6.04 Å². The number of hydrogen-bond acceptors (Lipinski definition) is 3. The second kappa shape index (κ2) is 8.77. The van der Waals surface area contributed by atoms with Gasteiger partial charge in [0.15, 0.2) is 5.78 Å². The van der Waals surface area contributed by atoms with Crippen LogP contribution in [0, 0.1) is 0 Å². The predicted octanol–water partition coefficient (Wildman–Crippen LogP) is 3.55. The average Bonchev–Trinajstić information content (AvgIpc) is 2.69. The van der Waals surface area contributed by atoms with Crippen LogP contribution >= 0.6 is 0 Å². The summed E-state index contributed by atoms with van der Waals surface area (Å²) in [5.41, 5.74) is 1.97. The first kappa shape index (κ1) is 18.3. The summed E-state index contributed by atoms with van der Waals surface area (Å²) in [6.45, 7) is 2.34. The molecule has 0 N–H and O–H groups in total. The van der Waals surface area contributed by atoms with Crippen LogP contribution < -0.4 is 0 Å². The Hall–Kier alpha value is -2.46. The van der Waals surface area contributed by atoms with Gasteiger partial charge in [-0.1, -0.05) is 60.7 Å². The maximum Gasteiger partial charge on any atom is 0.222 e. The molecule has 4 nitrogen and oxygen atoms in total. The highest BCUT2D eigenvalue weighted by Gasteiger charge is 2.28. The largest absolute Gasteiger partial charge is 0.339 e. The molecule has 0 spiro atoms. The summed E-state index contributed by atoms with van der Waals surface area (Å²) < 4.78 is 0. The average molecular weight is 350 g/mol. The third-order valence-corrected chi connectivity index (χ3v) is 5.08. The van der Waals surface area contributed by atoms with E-state index in [0.29, 0.717) is 25.8 Å². The summed E-state index contributed by atoms with van der Waals surface area (Å²) >= 11 is 0. The van der Waals surface area contributed by atoms with Crippen LogP contribution in [0.4, 0.5) is 0 Å². The zero-order chi connectivity index (χ0) is 18.4. The molecule has 1 fully saturated rings. The molecule has 0 radical (unpaired) electrons. The number of Topliss-reactive ketones (excluding diaryl/α,β-unsaturated/α-hetero) is 1. The molecule has 1 atom stereocenters. The number of benzene rings is 2. The number of likely N-dealkylation sites (N-methyl/N-ethyl adjacent to an activating group) is 1. The summed E-state index contributed by atoms with van der Waals surface area (Å²) in [4.78, 5) is 29.0. The Morgan fingerprint density at radius 3 is 2.27 bits per heavy atom. The maximum atomic E-state index is 12.6. The lowest BCUT2D eigenvalue weighted by atomic mass is 10.0. The Kier molecular flexibility index (Phi) is 6.18. The SMILES string of the molecule is CN1CCN(C(=O)CCCC(=O)c2ccccc2)C[C@@H]1c1ccccc1. The molecule has 1 aliphatic rings. The maximum absolute atomic E-state index is 12.6. The first-order chi connectivity index (χ1) is 12.6. The summed E-state index contributed by atoms with van der Waals surface area (Å²) in [5, 5.41) is 0.